The lowest BCUT2D eigenvalue weighted by molar-refractivity contribution is -0.175. The van der Waals surface area contributed by atoms with Crippen LogP contribution in [0.25, 0.3) is 0 Å². The lowest BCUT2D eigenvalue weighted by Gasteiger charge is -2.38. The largest absolute Gasteiger partial charge is 0.459 e. The highest BCUT2D eigenvalue weighted by molar-refractivity contribution is 5.78. The Balaban J connectivity index is 0.000000192. The van der Waals surface area contributed by atoms with Crippen molar-refractivity contribution in [1.29, 1.82) is 0 Å². The molecule has 3 aliphatic carbocycles. The summed E-state index contributed by atoms with van der Waals surface area (Å²) in [6, 6.07) is 0. The first-order valence-corrected chi connectivity index (χ1v) is 13.5. The Kier molecular flexibility index (Phi) is 8.09. The van der Waals surface area contributed by atoms with Gasteiger partial charge in [0.25, 0.3) is 0 Å². The summed E-state index contributed by atoms with van der Waals surface area (Å²) in [7, 11) is 0. The van der Waals surface area contributed by atoms with E-state index >= 15 is 0 Å². The lowest BCUT2D eigenvalue weighted by atomic mass is 9.82. The van der Waals surface area contributed by atoms with Crippen molar-refractivity contribution in [1.82, 2.24) is 0 Å². The van der Waals surface area contributed by atoms with Gasteiger partial charge in [0.2, 0.25) is 0 Å². The summed E-state index contributed by atoms with van der Waals surface area (Å²) in [5.41, 5.74) is -0.939. The summed E-state index contributed by atoms with van der Waals surface area (Å²) in [5, 5.41) is 0. The van der Waals surface area contributed by atoms with Crippen molar-refractivity contribution in [2.45, 2.75) is 130 Å². The van der Waals surface area contributed by atoms with Crippen LogP contribution in [0, 0.1) is 28.6 Å². The fourth-order valence-corrected chi connectivity index (χ4v) is 5.70. The van der Waals surface area contributed by atoms with Crippen molar-refractivity contribution in [3.63, 3.8) is 0 Å². The minimum Gasteiger partial charge on any atom is -0.459 e. The second-order valence-electron chi connectivity index (χ2n) is 12.2. The zero-order chi connectivity index (χ0) is 25.3. The van der Waals surface area contributed by atoms with E-state index in [9.17, 15) is 14.4 Å². The van der Waals surface area contributed by atoms with Crippen LogP contribution in [0.1, 0.15) is 113 Å². The van der Waals surface area contributed by atoms with Gasteiger partial charge in [-0.25, -0.2) is 0 Å². The van der Waals surface area contributed by atoms with Crippen molar-refractivity contribution < 1.29 is 28.6 Å². The number of ether oxygens (including phenoxy) is 3. The van der Waals surface area contributed by atoms with E-state index in [-0.39, 0.29) is 47.0 Å². The summed E-state index contributed by atoms with van der Waals surface area (Å²) in [5.74, 6) is 0.439. The van der Waals surface area contributed by atoms with Crippen LogP contribution in [-0.4, -0.2) is 35.7 Å². The van der Waals surface area contributed by atoms with Gasteiger partial charge in [-0.2, -0.15) is 0 Å². The van der Waals surface area contributed by atoms with Gasteiger partial charge >= 0.3 is 17.9 Å². The molecular weight excluding hydrogens is 432 g/mol. The van der Waals surface area contributed by atoms with Crippen LogP contribution in [0.4, 0.5) is 0 Å². The molecule has 0 aromatic carbocycles. The van der Waals surface area contributed by atoms with E-state index in [0.717, 1.165) is 44.9 Å². The molecule has 1 heterocycles. The van der Waals surface area contributed by atoms with Gasteiger partial charge in [0.15, 0.2) is 0 Å². The maximum atomic E-state index is 12.1. The number of esters is 3. The van der Waals surface area contributed by atoms with Gasteiger partial charge in [-0.3, -0.25) is 14.4 Å². The molecule has 0 amide bonds. The molecule has 0 radical (unpaired) electrons. The molecule has 3 saturated carbocycles. The highest BCUT2D eigenvalue weighted by Gasteiger charge is 2.63. The molecule has 0 spiro atoms. The number of fused-ring (bicyclic) bond motifs is 1. The zero-order valence-electron chi connectivity index (χ0n) is 22.4. The van der Waals surface area contributed by atoms with E-state index in [1.807, 2.05) is 41.5 Å². The van der Waals surface area contributed by atoms with Gasteiger partial charge in [-0.15, -0.1) is 0 Å². The molecule has 194 valence electrons. The van der Waals surface area contributed by atoms with Crippen LogP contribution in [0.5, 0.6) is 0 Å². The third-order valence-corrected chi connectivity index (χ3v) is 9.25. The van der Waals surface area contributed by atoms with Crippen molar-refractivity contribution in [2.24, 2.45) is 28.6 Å². The van der Waals surface area contributed by atoms with E-state index < -0.39 is 5.41 Å². The number of rotatable bonds is 7. The van der Waals surface area contributed by atoms with E-state index in [4.69, 9.17) is 14.2 Å². The third kappa shape index (κ3) is 5.31. The fraction of sp³-hybridized carbons (Fsp3) is 0.893. The molecule has 4 fully saturated rings. The molecule has 0 N–H and O–H groups in total. The van der Waals surface area contributed by atoms with E-state index in [1.165, 1.54) is 19.3 Å². The average molecular weight is 479 g/mol. The van der Waals surface area contributed by atoms with Crippen LogP contribution in [0.2, 0.25) is 0 Å². The second-order valence-corrected chi connectivity index (χ2v) is 12.2. The van der Waals surface area contributed by atoms with Gasteiger partial charge in [0, 0.05) is 11.8 Å². The molecule has 6 nitrogen and oxygen atoms in total. The quantitative estimate of drug-likeness (QED) is 0.330. The Morgan fingerprint density at radius 2 is 1.53 bits per heavy atom. The molecule has 0 aromatic heterocycles. The maximum Gasteiger partial charge on any atom is 0.312 e. The lowest BCUT2D eigenvalue weighted by Crippen LogP contribution is -2.40. The molecule has 1 aliphatic heterocycles. The van der Waals surface area contributed by atoms with Crippen LogP contribution in [0.3, 0.4) is 0 Å². The van der Waals surface area contributed by atoms with Crippen LogP contribution in [-0.2, 0) is 28.6 Å². The normalized spacial score (nSPS) is 31.4. The molecule has 5 unspecified atom stereocenters. The van der Waals surface area contributed by atoms with Crippen molar-refractivity contribution >= 4 is 17.9 Å². The average Bonchev–Trinajstić information content (AvgIpc) is 3.45. The Hall–Kier alpha value is -1.59. The Bertz CT molecular complexity index is 763. The van der Waals surface area contributed by atoms with Gasteiger partial charge in [-0.1, -0.05) is 27.2 Å². The maximum absolute atomic E-state index is 12.1. The Morgan fingerprint density at radius 3 is 2.09 bits per heavy atom. The molecular formula is C28H46O6. The predicted octanol–water partition coefficient (Wildman–Crippen LogP) is 5.99. The zero-order valence-corrected chi connectivity index (χ0v) is 22.4. The standard InChI is InChI=1S/C14H20O4.C14H26O2/c1-4-14(2,3)13(16)18-10-7-5-8-9(6-7)12(15)17-11(8)10;1-5-13(3,4)12(15)16-14(6-2)10-8-7-9-11-14/h7-11H,4-6H2,1-3H3;5-11H2,1-4H3. The SMILES string of the molecule is CCC(C)(C)C(=O)OC1C2CC3C(=O)OC1C3C2.CCC1(OC(=O)C(C)(C)CC)CCCCC1. The van der Waals surface area contributed by atoms with E-state index in [1.54, 1.807) is 0 Å². The van der Waals surface area contributed by atoms with Gasteiger partial charge < -0.3 is 14.2 Å². The summed E-state index contributed by atoms with van der Waals surface area (Å²) in [6.45, 7) is 13.9. The molecule has 1 saturated heterocycles. The monoisotopic (exact) mass is 478 g/mol. The van der Waals surface area contributed by atoms with Gasteiger partial charge in [0.05, 0.1) is 16.7 Å². The van der Waals surface area contributed by atoms with Crippen LogP contribution < -0.4 is 0 Å². The second kappa shape index (κ2) is 10.2. The molecule has 4 aliphatic rings. The molecule has 6 heteroatoms. The molecule has 0 aromatic rings. The Labute approximate surface area is 205 Å². The van der Waals surface area contributed by atoms with E-state index in [0.29, 0.717) is 11.8 Å². The summed E-state index contributed by atoms with van der Waals surface area (Å²) in [4.78, 5) is 35.8. The molecule has 5 atom stereocenters. The van der Waals surface area contributed by atoms with Crippen molar-refractivity contribution in [3.8, 4) is 0 Å². The third-order valence-electron chi connectivity index (χ3n) is 9.25. The number of hydrogen-bond donors (Lipinski definition) is 0. The number of carbonyl (C=O) groups excluding carboxylic acids is 3. The molecule has 2 bridgehead atoms. The summed E-state index contributed by atoms with van der Waals surface area (Å²) < 4.78 is 16.9. The van der Waals surface area contributed by atoms with Gasteiger partial charge in [-0.05, 0) is 85.5 Å². The topological polar surface area (TPSA) is 78.9 Å². The van der Waals surface area contributed by atoms with Crippen molar-refractivity contribution in [3.05, 3.63) is 0 Å². The number of hydrogen-bond acceptors (Lipinski definition) is 6. The highest BCUT2D eigenvalue weighted by Crippen LogP contribution is 2.55. The first-order chi connectivity index (χ1) is 15.9. The van der Waals surface area contributed by atoms with E-state index in [2.05, 4.69) is 6.92 Å². The minimum atomic E-state index is -0.455. The van der Waals surface area contributed by atoms with Crippen LogP contribution >= 0.6 is 0 Å². The van der Waals surface area contributed by atoms with Crippen molar-refractivity contribution in [2.75, 3.05) is 0 Å². The molecule has 4 rings (SSSR count). The summed E-state index contributed by atoms with van der Waals surface area (Å²) in [6.07, 6.45) is 9.79. The van der Waals surface area contributed by atoms with Gasteiger partial charge in [0.1, 0.15) is 17.8 Å². The summed E-state index contributed by atoms with van der Waals surface area (Å²) >= 11 is 0. The first kappa shape index (κ1) is 27.0. The predicted molar refractivity (Wildman–Crippen MR) is 130 cm³/mol. The smallest absolute Gasteiger partial charge is 0.312 e. The van der Waals surface area contributed by atoms with Crippen LogP contribution in [0.15, 0.2) is 0 Å². The first-order valence-electron chi connectivity index (χ1n) is 13.5. The number of carbonyl (C=O) groups is 3. The Morgan fingerprint density at radius 1 is 0.941 bits per heavy atom. The highest BCUT2D eigenvalue weighted by atomic mass is 16.6. The molecule has 34 heavy (non-hydrogen) atoms. The minimum absolute atomic E-state index is 0.0150. The fourth-order valence-electron chi connectivity index (χ4n) is 5.70.